The summed E-state index contributed by atoms with van der Waals surface area (Å²) in [6, 6.07) is 0. The molecule has 0 aromatic rings. The van der Waals surface area contributed by atoms with E-state index in [0.29, 0.717) is 17.4 Å². The predicted molar refractivity (Wildman–Crippen MR) is 300 cm³/mol. The lowest BCUT2D eigenvalue weighted by atomic mass is 10.0. The van der Waals surface area contributed by atoms with E-state index in [0.717, 1.165) is 103 Å². The lowest BCUT2D eigenvalue weighted by Gasteiger charge is -2.28. The van der Waals surface area contributed by atoms with Gasteiger partial charge >= 0.3 is 11.9 Å². The van der Waals surface area contributed by atoms with Crippen molar-refractivity contribution in [2.24, 2.45) is 0 Å². The Morgan fingerprint density at radius 2 is 0.803 bits per heavy atom. The number of hydrogen-bond acceptors (Lipinski definition) is 8. The molecule has 2 atom stereocenters. The van der Waals surface area contributed by atoms with Gasteiger partial charge in [0.2, 0.25) is 0 Å². The number of phosphoric acid groups is 1. The zero-order chi connectivity index (χ0) is 52.0. The Morgan fingerprint density at radius 1 is 0.451 bits per heavy atom. The van der Waals surface area contributed by atoms with E-state index < -0.39 is 32.5 Å². The fourth-order valence-corrected chi connectivity index (χ4v) is 8.18. The van der Waals surface area contributed by atoms with Crippen molar-refractivity contribution in [1.29, 1.82) is 0 Å². The number of rotatable bonds is 51. The Hall–Kier alpha value is -3.07. The number of phosphoric ester groups is 1. The Labute approximate surface area is 436 Å². The van der Waals surface area contributed by atoms with Crippen LogP contribution in [0.5, 0.6) is 0 Å². The fraction of sp³-hybridized carbons (Fsp3) is 0.705. The molecule has 0 saturated carbocycles. The van der Waals surface area contributed by atoms with E-state index in [1.807, 2.05) is 21.1 Å². The smallest absolute Gasteiger partial charge is 0.306 e. The molecule has 0 rings (SSSR count). The summed E-state index contributed by atoms with van der Waals surface area (Å²) in [5.41, 5.74) is 0. The standard InChI is InChI=1S/C61H106NO8P/c1-6-8-10-12-14-16-18-20-22-24-26-27-28-29-30-31-32-33-34-35-36-38-40-42-44-46-48-50-52-54-61(64)70-59(58-69-71(65,66)68-56-55-62(3,4)5)57-67-60(63)53-51-49-47-45-43-41-39-37-25-23-21-19-17-15-13-11-9-7-2/h8,10,14,16-17,19-20,22-23,25-27,29-30,32-33,59H,6-7,9,11-13,15,18,21,24,28,31,34-58H2,1-5H3/b10-8-,16-14-,19-17-,22-20-,25-23-,27-26-,30-29-,33-32-. The summed E-state index contributed by atoms with van der Waals surface area (Å²) < 4.78 is 34.1. The Bertz CT molecular complexity index is 1520. The van der Waals surface area contributed by atoms with Crippen molar-refractivity contribution in [2.75, 3.05) is 47.5 Å². The molecule has 0 fully saturated rings. The molecule has 0 N–H and O–H groups in total. The molecule has 0 spiro atoms. The highest BCUT2D eigenvalue weighted by molar-refractivity contribution is 7.45. The maximum absolute atomic E-state index is 12.8. The zero-order valence-corrected chi connectivity index (χ0v) is 47.0. The van der Waals surface area contributed by atoms with E-state index in [9.17, 15) is 19.0 Å². The van der Waals surface area contributed by atoms with E-state index >= 15 is 0 Å². The quantitative estimate of drug-likeness (QED) is 0.0195. The summed E-state index contributed by atoms with van der Waals surface area (Å²) in [7, 11) is 1.15. The normalized spacial score (nSPS) is 14.1. The van der Waals surface area contributed by atoms with Gasteiger partial charge in [0.25, 0.3) is 7.82 Å². The molecule has 0 saturated heterocycles. The largest absolute Gasteiger partial charge is 0.756 e. The van der Waals surface area contributed by atoms with Crippen LogP contribution in [0.25, 0.3) is 0 Å². The number of esters is 2. The molecule has 408 valence electrons. The number of allylic oxidation sites excluding steroid dienone is 16. The number of likely N-dealkylation sites (N-methyl/N-ethyl adjacent to an activating group) is 1. The Kier molecular flexibility index (Phi) is 49.6. The molecule has 10 heteroatoms. The minimum absolute atomic E-state index is 0.0375. The van der Waals surface area contributed by atoms with Crippen molar-refractivity contribution in [1.82, 2.24) is 0 Å². The van der Waals surface area contributed by atoms with Crippen molar-refractivity contribution in [3.63, 3.8) is 0 Å². The molecule has 0 heterocycles. The molecule has 0 aromatic heterocycles. The monoisotopic (exact) mass is 1010 g/mol. The van der Waals surface area contributed by atoms with E-state index in [-0.39, 0.29) is 26.1 Å². The first-order valence-corrected chi connectivity index (χ1v) is 29.9. The molecular formula is C61H106NO8P. The average molecular weight is 1010 g/mol. The molecule has 71 heavy (non-hydrogen) atoms. The lowest BCUT2D eigenvalue weighted by molar-refractivity contribution is -0.870. The third kappa shape index (κ3) is 56.1. The van der Waals surface area contributed by atoms with Crippen molar-refractivity contribution in [3.05, 3.63) is 97.2 Å². The third-order valence-corrected chi connectivity index (χ3v) is 12.8. The summed E-state index contributed by atoms with van der Waals surface area (Å²) in [4.78, 5) is 37.8. The number of nitrogens with zero attached hydrogens (tertiary/aromatic N) is 1. The van der Waals surface area contributed by atoms with Gasteiger partial charge in [-0.15, -0.1) is 0 Å². The molecular weight excluding hydrogens is 906 g/mol. The van der Waals surface area contributed by atoms with E-state index in [2.05, 4.69) is 111 Å². The van der Waals surface area contributed by atoms with Gasteiger partial charge in [-0.2, -0.15) is 0 Å². The molecule has 0 amide bonds. The second kappa shape index (κ2) is 51.8. The van der Waals surface area contributed by atoms with Crippen molar-refractivity contribution < 1.29 is 42.1 Å². The minimum atomic E-state index is -4.64. The molecule has 0 bridgehead atoms. The van der Waals surface area contributed by atoms with Crippen LogP contribution in [-0.2, 0) is 32.7 Å². The number of unbranched alkanes of at least 4 members (excludes halogenated alkanes) is 21. The third-order valence-electron chi connectivity index (χ3n) is 11.8. The summed E-state index contributed by atoms with van der Waals surface area (Å²) in [6.45, 7) is 4.09. The SMILES string of the molecule is CC/C=C\C/C=C\C/C=C\C/C=C\C/C=C\C/C=C\CCCCCCCCCCCCC(=O)OC(COC(=O)CCCCCCCCC/C=C\C/C=C\CCCCCC)COP(=O)([O-])OCC[N+](C)(C)C. The highest BCUT2D eigenvalue weighted by Crippen LogP contribution is 2.38. The van der Waals surface area contributed by atoms with Crippen LogP contribution < -0.4 is 4.89 Å². The van der Waals surface area contributed by atoms with Crippen LogP contribution >= 0.6 is 7.82 Å². The summed E-state index contributed by atoms with van der Waals surface area (Å²) in [5, 5.41) is 0. The molecule has 0 aliphatic rings. The van der Waals surface area contributed by atoms with Crippen LogP contribution in [-0.4, -0.2) is 70.0 Å². The number of carbonyl (C=O) groups is 2. The lowest BCUT2D eigenvalue weighted by Crippen LogP contribution is -2.37. The predicted octanol–water partition coefficient (Wildman–Crippen LogP) is 17.0. The van der Waals surface area contributed by atoms with Gasteiger partial charge in [-0.3, -0.25) is 14.2 Å². The van der Waals surface area contributed by atoms with Crippen LogP contribution in [0.1, 0.15) is 226 Å². The van der Waals surface area contributed by atoms with Crippen LogP contribution in [0.15, 0.2) is 97.2 Å². The summed E-state index contributed by atoms with van der Waals surface area (Å²) in [6.07, 6.45) is 70.1. The summed E-state index contributed by atoms with van der Waals surface area (Å²) in [5.74, 6) is -0.850. The maximum Gasteiger partial charge on any atom is 0.306 e. The second-order valence-corrected chi connectivity index (χ2v) is 21.3. The number of carbonyl (C=O) groups excluding carboxylic acids is 2. The van der Waals surface area contributed by atoms with Crippen LogP contribution in [0.3, 0.4) is 0 Å². The van der Waals surface area contributed by atoms with Crippen LogP contribution in [0, 0.1) is 0 Å². The summed E-state index contributed by atoms with van der Waals surface area (Å²) >= 11 is 0. The molecule has 2 unspecified atom stereocenters. The van der Waals surface area contributed by atoms with Gasteiger partial charge in [0.05, 0.1) is 27.7 Å². The van der Waals surface area contributed by atoms with Crippen molar-refractivity contribution >= 4 is 19.8 Å². The van der Waals surface area contributed by atoms with Gasteiger partial charge < -0.3 is 27.9 Å². The molecule has 0 aliphatic heterocycles. The number of quaternary nitrogens is 1. The molecule has 0 aromatic carbocycles. The highest BCUT2D eigenvalue weighted by Gasteiger charge is 2.21. The topological polar surface area (TPSA) is 111 Å². The van der Waals surface area contributed by atoms with Gasteiger partial charge in [-0.05, 0) is 96.3 Å². The first-order chi connectivity index (χ1) is 34.5. The maximum atomic E-state index is 12.8. The van der Waals surface area contributed by atoms with Crippen molar-refractivity contribution in [3.8, 4) is 0 Å². The van der Waals surface area contributed by atoms with Crippen molar-refractivity contribution in [2.45, 2.75) is 232 Å². The second-order valence-electron chi connectivity index (χ2n) is 19.9. The Balaban J connectivity index is 4.21. The molecule has 9 nitrogen and oxygen atoms in total. The van der Waals surface area contributed by atoms with Gasteiger partial charge in [0.1, 0.15) is 19.8 Å². The Morgan fingerprint density at radius 3 is 1.20 bits per heavy atom. The highest BCUT2D eigenvalue weighted by atomic mass is 31.2. The van der Waals surface area contributed by atoms with Crippen LogP contribution in [0.4, 0.5) is 0 Å². The average Bonchev–Trinajstić information content (AvgIpc) is 3.33. The van der Waals surface area contributed by atoms with Crippen LogP contribution in [0.2, 0.25) is 0 Å². The first kappa shape index (κ1) is 67.9. The van der Waals surface area contributed by atoms with E-state index in [1.54, 1.807) is 0 Å². The van der Waals surface area contributed by atoms with E-state index in [1.165, 1.54) is 89.9 Å². The molecule has 0 aliphatic carbocycles. The van der Waals surface area contributed by atoms with Gasteiger partial charge in [0, 0.05) is 12.8 Å². The van der Waals surface area contributed by atoms with E-state index in [4.69, 9.17) is 18.5 Å². The van der Waals surface area contributed by atoms with Gasteiger partial charge in [-0.25, -0.2) is 0 Å². The first-order valence-electron chi connectivity index (χ1n) is 28.4. The minimum Gasteiger partial charge on any atom is -0.756 e. The molecule has 0 radical (unpaired) electrons. The number of hydrogen-bond donors (Lipinski definition) is 0. The fourth-order valence-electron chi connectivity index (χ4n) is 7.45. The van der Waals surface area contributed by atoms with Gasteiger partial charge in [-0.1, -0.05) is 214 Å². The number of ether oxygens (including phenoxy) is 2. The zero-order valence-electron chi connectivity index (χ0n) is 46.1. The van der Waals surface area contributed by atoms with Gasteiger partial charge in [0.15, 0.2) is 6.10 Å².